The molecule has 0 saturated heterocycles. The van der Waals surface area contributed by atoms with E-state index in [2.05, 4.69) is 5.32 Å². The summed E-state index contributed by atoms with van der Waals surface area (Å²) in [6.45, 7) is 1.79. The quantitative estimate of drug-likeness (QED) is 0.820. The van der Waals surface area contributed by atoms with Gasteiger partial charge in [0.2, 0.25) is 0 Å². The number of nitrogen functional groups attached to an aromatic ring is 1. The van der Waals surface area contributed by atoms with E-state index in [4.69, 9.17) is 17.3 Å². The Balaban J connectivity index is 2.27. The van der Waals surface area contributed by atoms with Gasteiger partial charge in [0.1, 0.15) is 11.6 Å². The standard InChI is InChI=1S/C14H13ClF2N2/c1-8(9-4-2-3-5-11(9)16)19-14-6-10(15)12(17)7-13(14)18/h2-8,19H,18H2,1H3. The van der Waals surface area contributed by atoms with Gasteiger partial charge < -0.3 is 11.1 Å². The SMILES string of the molecule is CC(Nc1cc(Cl)c(F)cc1N)c1ccccc1F. The first-order valence-electron chi connectivity index (χ1n) is 5.74. The second-order valence-electron chi connectivity index (χ2n) is 4.24. The van der Waals surface area contributed by atoms with Crippen molar-refractivity contribution in [3.8, 4) is 0 Å². The Morgan fingerprint density at radius 2 is 1.84 bits per heavy atom. The molecule has 0 saturated carbocycles. The lowest BCUT2D eigenvalue weighted by Crippen LogP contribution is -2.10. The zero-order valence-electron chi connectivity index (χ0n) is 10.3. The molecule has 3 N–H and O–H groups in total. The zero-order valence-corrected chi connectivity index (χ0v) is 11.0. The van der Waals surface area contributed by atoms with Crippen LogP contribution in [0.2, 0.25) is 5.02 Å². The molecule has 2 aromatic rings. The molecule has 0 aliphatic rings. The Bertz CT molecular complexity index is 602. The van der Waals surface area contributed by atoms with E-state index in [0.717, 1.165) is 6.07 Å². The highest BCUT2D eigenvalue weighted by molar-refractivity contribution is 6.31. The number of halogens is 3. The summed E-state index contributed by atoms with van der Waals surface area (Å²) in [5.74, 6) is -0.891. The van der Waals surface area contributed by atoms with E-state index >= 15 is 0 Å². The summed E-state index contributed by atoms with van der Waals surface area (Å²) in [7, 11) is 0. The Morgan fingerprint density at radius 3 is 2.53 bits per heavy atom. The van der Waals surface area contributed by atoms with E-state index in [9.17, 15) is 8.78 Å². The predicted molar refractivity (Wildman–Crippen MR) is 74.3 cm³/mol. The van der Waals surface area contributed by atoms with Crippen molar-refractivity contribution >= 4 is 23.0 Å². The Morgan fingerprint density at radius 1 is 1.16 bits per heavy atom. The topological polar surface area (TPSA) is 38.0 Å². The minimum atomic E-state index is -0.580. The van der Waals surface area contributed by atoms with Crippen molar-refractivity contribution in [3.05, 3.63) is 58.6 Å². The van der Waals surface area contributed by atoms with Gasteiger partial charge in [0.25, 0.3) is 0 Å². The maximum absolute atomic E-state index is 13.6. The lowest BCUT2D eigenvalue weighted by molar-refractivity contribution is 0.600. The molecule has 1 unspecified atom stereocenters. The first-order valence-corrected chi connectivity index (χ1v) is 6.12. The molecule has 0 heterocycles. The van der Waals surface area contributed by atoms with Gasteiger partial charge in [-0.05, 0) is 19.1 Å². The average molecular weight is 283 g/mol. The maximum Gasteiger partial charge on any atom is 0.143 e. The third kappa shape index (κ3) is 2.96. The van der Waals surface area contributed by atoms with Crippen molar-refractivity contribution < 1.29 is 8.78 Å². The van der Waals surface area contributed by atoms with Crippen LogP contribution in [0.5, 0.6) is 0 Å². The third-order valence-corrected chi connectivity index (χ3v) is 3.13. The molecule has 100 valence electrons. The highest BCUT2D eigenvalue weighted by Crippen LogP contribution is 2.29. The molecule has 19 heavy (non-hydrogen) atoms. The van der Waals surface area contributed by atoms with Crippen molar-refractivity contribution in [2.75, 3.05) is 11.1 Å². The van der Waals surface area contributed by atoms with Crippen LogP contribution in [0, 0.1) is 11.6 Å². The Hall–Kier alpha value is -1.81. The van der Waals surface area contributed by atoms with Gasteiger partial charge >= 0.3 is 0 Å². The average Bonchev–Trinajstić information content (AvgIpc) is 2.36. The van der Waals surface area contributed by atoms with Crippen LogP contribution in [0.1, 0.15) is 18.5 Å². The summed E-state index contributed by atoms with van der Waals surface area (Å²) in [5.41, 5.74) is 6.90. The van der Waals surface area contributed by atoms with E-state index in [1.807, 2.05) is 0 Å². The van der Waals surface area contributed by atoms with Crippen LogP contribution >= 0.6 is 11.6 Å². The fraction of sp³-hybridized carbons (Fsp3) is 0.143. The van der Waals surface area contributed by atoms with Crippen LogP contribution in [-0.2, 0) is 0 Å². The monoisotopic (exact) mass is 282 g/mol. The first kappa shape index (κ1) is 13.6. The Kier molecular flexibility index (Phi) is 3.90. The van der Waals surface area contributed by atoms with Crippen molar-refractivity contribution in [1.29, 1.82) is 0 Å². The summed E-state index contributed by atoms with van der Waals surface area (Å²) in [4.78, 5) is 0. The number of benzene rings is 2. The van der Waals surface area contributed by atoms with E-state index < -0.39 is 5.82 Å². The number of nitrogens with one attached hydrogen (secondary N) is 1. The van der Waals surface area contributed by atoms with Gasteiger partial charge in [0.05, 0.1) is 22.4 Å². The minimum absolute atomic E-state index is 0.0302. The smallest absolute Gasteiger partial charge is 0.143 e. The second kappa shape index (κ2) is 5.45. The van der Waals surface area contributed by atoms with E-state index in [0.29, 0.717) is 11.3 Å². The predicted octanol–water partition coefficient (Wildman–Crippen LogP) is 4.37. The number of hydrogen-bond acceptors (Lipinski definition) is 2. The highest BCUT2D eigenvalue weighted by Gasteiger charge is 2.13. The van der Waals surface area contributed by atoms with Gasteiger partial charge in [-0.1, -0.05) is 29.8 Å². The van der Waals surface area contributed by atoms with Gasteiger partial charge in [-0.25, -0.2) is 8.78 Å². The van der Waals surface area contributed by atoms with Crippen LogP contribution in [0.25, 0.3) is 0 Å². The molecule has 1 atom stereocenters. The molecule has 0 fully saturated rings. The van der Waals surface area contributed by atoms with E-state index in [1.165, 1.54) is 12.1 Å². The maximum atomic E-state index is 13.6. The second-order valence-corrected chi connectivity index (χ2v) is 4.65. The molecule has 0 aromatic heterocycles. The number of nitrogens with two attached hydrogens (primary N) is 1. The number of anilines is 2. The molecular formula is C14H13ClF2N2. The summed E-state index contributed by atoms with van der Waals surface area (Å²) < 4.78 is 26.8. The lowest BCUT2D eigenvalue weighted by Gasteiger charge is -2.18. The molecule has 0 amide bonds. The fourth-order valence-corrected chi connectivity index (χ4v) is 1.99. The number of hydrogen-bond donors (Lipinski definition) is 2. The molecule has 0 aliphatic carbocycles. The van der Waals surface area contributed by atoms with Crippen molar-refractivity contribution in [3.63, 3.8) is 0 Å². The van der Waals surface area contributed by atoms with Crippen molar-refractivity contribution in [2.45, 2.75) is 13.0 Å². The van der Waals surface area contributed by atoms with Crippen LogP contribution < -0.4 is 11.1 Å². The van der Waals surface area contributed by atoms with E-state index in [-0.39, 0.29) is 22.6 Å². The molecule has 5 heteroatoms. The van der Waals surface area contributed by atoms with Crippen LogP contribution in [-0.4, -0.2) is 0 Å². The van der Waals surface area contributed by atoms with Gasteiger partial charge in [-0.3, -0.25) is 0 Å². The normalized spacial score (nSPS) is 12.2. The van der Waals surface area contributed by atoms with Gasteiger partial charge in [-0.2, -0.15) is 0 Å². The minimum Gasteiger partial charge on any atom is -0.397 e. The number of rotatable bonds is 3. The molecular weight excluding hydrogens is 270 g/mol. The van der Waals surface area contributed by atoms with Gasteiger partial charge in [0.15, 0.2) is 0 Å². The Labute approximate surface area is 115 Å². The molecule has 0 aliphatic heterocycles. The molecule has 0 bridgehead atoms. The van der Waals surface area contributed by atoms with Crippen molar-refractivity contribution in [2.24, 2.45) is 0 Å². The van der Waals surface area contributed by atoms with E-state index in [1.54, 1.807) is 25.1 Å². The van der Waals surface area contributed by atoms with Crippen LogP contribution in [0.3, 0.4) is 0 Å². The van der Waals surface area contributed by atoms with Gasteiger partial charge in [0, 0.05) is 11.6 Å². The third-order valence-electron chi connectivity index (χ3n) is 2.84. The van der Waals surface area contributed by atoms with Crippen molar-refractivity contribution in [1.82, 2.24) is 0 Å². The summed E-state index contributed by atoms with van der Waals surface area (Å²) >= 11 is 5.70. The lowest BCUT2D eigenvalue weighted by atomic mass is 10.1. The van der Waals surface area contributed by atoms with Gasteiger partial charge in [-0.15, -0.1) is 0 Å². The largest absolute Gasteiger partial charge is 0.397 e. The highest BCUT2D eigenvalue weighted by atomic mass is 35.5. The first-order chi connectivity index (χ1) is 8.99. The van der Waals surface area contributed by atoms with Crippen LogP contribution in [0.15, 0.2) is 36.4 Å². The molecule has 2 rings (SSSR count). The summed E-state index contributed by atoms with van der Waals surface area (Å²) in [6, 6.07) is 8.64. The zero-order chi connectivity index (χ0) is 14.0. The summed E-state index contributed by atoms with van der Waals surface area (Å²) in [5, 5.41) is 2.99. The molecule has 2 nitrogen and oxygen atoms in total. The van der Waals surface area contributed by atoms with Crippen LogP contribution in [0.4, 0.5) is 20.2 Å². The molecule has 0 radical (unpaired) electrons. The molecule has 2 aromatic carbocycles. The summed E-state index contributed by atoms with van der Waals surface area (Å²) in [6.07, 6.45) is 0. The fourth-order valence-electron chi connectivity index (χ4n) is 1.82. The molecule has 0 spiro atoms.